The summed E-state index contributed by atoms with van der Waals surface area (Å²) >= 11 is 0. The quantitative estimate of drug-likeness (QED) is 0.661. The monoisotopic (exact) mass is 231 g/mol. The molecule has 1 saturated heterocycles. The maximum atomic E-state index is 9.05. The largest absolute Gasteiger partial charge is 0.394 e. The number of unbranched alkanes of at least 4 members (excludes halogenated alkanes) is 1. The van der Waals surface area contributed by atoms with Crippen LogP contribution in [0.2, 0.25) is 0 Å². The molecule has 4 nitrogen and oxygen atoms in total. The van der Waals surface area contributed by atoms with Crippen LogP contribution in [0.3, 0.4) is 0 Å². The van der Waals surface area contributed by atoms with Gasteiger partial charge in [0, 0.05) is 25.7 Å². The van der Waals surface area contributed by atoms with Crippen molar-refractivity contribution in [3.05, 3.63) is 0 Å². The van der Waals surface area contributed by atoms with Gasteiger partial charge in [0.15, 0.2) is 0 Å². The molecule has 0 amide bonds. The molecule has 0 aromatic heterocycles. The molecule has 1 fully saturated rings. The van der Waals surface area contributed by atoms with Gasteiger partial charge in [-0.3, -0.25) is 4.90 Å². The zero-order valence-corrected chi connectivity index (χ0v) is 10.5. The lowest BCUT2D eigenvalue weighted by molar-refractivity contribution is -0.0829. The predicted molar refractivity (Wildman–Crippen MR) is 63.6 cm³/mol. The van der Waals surface area contributed by atoms with Gasteiger partial charge in [-0.2, -0.15) is 0 Å². The number of aliphatic hydroxyl groups excluding tert-OH is 1. The molecule has 0 saturated carbocycles. The first-order chi connectivity index (χ1) is 7.77. The molecule has 1 N–H and O–H groups in total. The smallest absolute Gasteiger partial charge is 0.0933 e. The normalized spacial score (nSPS) is 27.2. The van der Waals surface area contributed by atoms with Crippen molar-refractivity contribution in [1.82, 2.24) is 4.90 Å². The molecular formula is C12H25NO3. The first kappa shape index (κ1) is 13.9. The van der Waals surface area contributed by atoms with Gasteiger partial charge in [-0.15, -0.1) is 0 Å². The van der Waals surface area contributed by atoms with E-state index in [2.05, 4.69) is 18.7 Å². The van der Waals surface area contributed by atoms with Gasteiger partial charge in [0.05, 0.1) is 25.9 Å². The summed E-state index contributed by atoms with van der Waals surface area (Å²) in [7, 11) is 0. The lowest BCUT2D eigenvalue weighted by atomic mass is 10.2. The van der Waals surface area contributed by atoms with Crippen molar-refractivity contribution in [2.45, 2.75) is 38.8 Å². The molecule has 0 spiro atoms. The number of hydrogen-bond acceptors (Lipinski definition) is 4. The highest BCUT2D eigenvalue weighted by molar-refractivity contribution is 4.76. The molecule has 16 heavy (non-hydrogen) atoms. The van der Waals surface area contributed by atoms with Gasteiger partial charge < -0.3 is 14.6 Å². The molecule has 0 aromatic carbocycles. The Morgan fingerprint density at radius 2 is 2.25 bits per heavy atom. The molecular weight excluding hydrogens is 206 g/mol. The summed E-state index contributed by atoms with van der Waals surface area (Å²) in [6, 6.07) is 0.428. The third kappa shape index (κ3) is 4.78. The van der Waals surface area contributed by atoms with E-state index in [0.29, 0.717) is 12.6 Å². The summed E-state index contributed by atoms with van der Waals surface area (Å²) in [6.45, 7) is 8.53. The summed E-state index contributed by atoms with van der Waals surface area (Å²) in [5.41, 5.74) is 0. The van der Waals surface area contributed by atoms with E-state index in [0.717, 1.165) is 32.7 Å². The Bertz CT molecular complexity index is 178. The van der Waals surface area contributed by atoms with Crippen molar-refractivity contribution in [1.29, 1.82) is 0 Å². The minimum absolute atomic E-state index is 0.0214. The number of nitrogens with zero attached hydrogens (tertiary/aromatic N) is 1. The van der Waals surface area contributed by atoms with Crippen LogP contribution in [0.1, 0.15) is 26.7 Å². The first-order valence-corrected chi connectivity index (χ1v) is 6.32. The van der Waals surface area contributed by atoms with Crippen LogP contribution in [0.4, 0.5) is 0 Å². The van der Waals surface area contributed by atoms with E-state index in [4.69, 9.17) is 14.6 Å². The fraction of sp³-hybridized carbons (Fsp3) is 1.00. The fourth-order valence-corrected chi connectivity index (χ4v) is 1.83. The topological polar surface area (TPSA) is 41.9 Å². The lowest BCUT2D eigenvalue weighted by Crippen LogP contribution is -2.50. The minimum atomic E-state index is -0.0214. The number of morpholine rings is 1. The Labute approximate surface area is 98.5 Å². The minimum Gasteiger partial charge on any atom is -0.394 e. The summed E-state index contributed by atoms with van der Waals surface area (Å²) in [5, 5.41) is 9.05. The SMILES string of the molecule is CCCCOCCN1CC(CO)OCC1C. The molecule has 0 radical (unpaired) electrons. The standard InChI is InChI=1S/C12H25NO3/c1-3-4-6-15-7-5-13-8-12(9-14)16-10-11(13)2/h11-12,14H,3-10H2,1-2H3. The third-order valence-corrected chi connectivity index (χ3v) is 3.00. The second-order valence-electron chi connectivity index (χ2n) is 4.45. The molecule has 0 aliphatic carbocycles. The number of aliphatic hydroxyl groups is 1. The molecule has 1 rings (SSSR count). The summed E-state index contributed by atoms with van der Waals surface area (Å²) in [6.07, 6.45) is 2.30. The number of hydrogen-bond donors (Lipinski definition) is 1. The van der Waals surface area contributed by atoms with Crippen LogP contribution in [-0.4, -0.2) is 61.7 Å². The zero-order chi connectivity index (χ0) is 11.8. The van der Waals surface area contributed by atoms with Gasteiger partial charge >= 0.3 is 0 Å². The van der Waals surface area contributed by atoms with Crippen molar-refractivity contribution in [2.24, 2.45) is 0 Å². The Morgan fingerprint density at radius 3 is 2.94 bits per heavy atom. The van der Waals surface area contributed by atoms with Crippen LogP contribution in [0, 0.1) is 0 Å². The highest BCUT2D eigenvalue weighted by Crippen LogP contribution is 2.10. The van der Waals surface area contributed by atoms with Crippen LogP contribution in [0.25, 0.3) is 0 Å². The van der Waals surface area contributed by atoms with Gasteiger partial charge in [0.2, 0.25) is 0 Å². The highest BCUT2D eigenvalue weighted by Gasteiger charge is 2.24. The Kier molecular flexibility index (Phi) is 6.96. The van der Waals surface area contributed by atoms with Crippen LogP contribution >= 0.6 is 0 Å². The summed E-state index contributed by atoms with van der Waals surface area (Å²) < 4.78 is 11.0. The highest BCUT2D eigenvalue weighted by atomic mass is 16.5. The van der Waals surface area contributed by atoms with Crippen molar-refractivity contribution in [2.75, 3.05) is 39.5 Å². The molecule has 1 aliphatic heterocycles. The summed E-state index contributed by atoms with van der Waals surface area (Å²) in [4.78, 5) is 2.33. The lowest BCUT2D eigenvalue weighted by Gasteiger charge is -2.37. The molecule has 96 valence electrons. The van der Waals surface area contributed by atoms with Crippen LogP contribution < -0.4 is 0 Å². The maximum Gasteiger partial charge on any atom is 0.0933 e. The molecule has 0 bridgehead atoms. The predicted octanol–water partition coefficient (Wildman–Crippen LogP) is 0.885. The molecule has 0 aromatic rings. The number of rotatable bonds is 7. The van der Waals surface area contributed by atoms with E-state index in [1.54, 1.807) is 0 Å². The van der Waals surface area contributed by atoms with Crippen molar-refractivity contribution in [3.8, 4) is 0 Å². The molecule has 1 aliphatic rings. The average Bonchev–Trinajstić information content (AvgIpc) is 2.31. The molecule has 1 heterocycles. The third-order valence-electron chi connectivity index (χ3n) is 3.00. The van der Waals surface area contributed by atoms with Crippen molar-refractivity contribution < 1.29 is 14.6 Å². The van der Waals surface area contributed by atoms with Crippen molar-refractivity contribution in [3.63, 3.8) is 0 Å². The molecule has 2 atom stereocenters. The average molecular weight is 231 g/mol. The van der Waals surface area contributed by atoms with E-state index in [1.165, 1.54) is 6.42 Å². The maximum absolute atomic E-state index is 9.05. The molecule has 4 heteroatoms. The van der Waals surface area contributed by atoms with Gasteiger partial charge in [0.1, 0.15) is 0 Å². The van der Waals surface area contributed by atoms with E-state index in [-0.39, 0.29) is 12.7 Å². The van der Waals surface area contributed by atoms with Crippen LogP contribution in [0.5, 0.6) is 0 Å². The Morgan fingerprint density at radius 1 is 1.44 bits per heavy atom. The van der Waals surface area contributed by atoms with Crippen LogP contribution in [-0.2, 0) is 9.47 Å². The van der Waals surface area contributed by atoms with Crippen LogP contribution in [0.15, 0.2) is 0 Å². The van der Waals surface area contributed by atoms with E-state index < -0.39 is 0 Å². The summed E-state index contributed by atoms with van der Waals surface area (Å²) in [5.74, 6) is 0. The van der Waals surface area contributed by atoms with Gasteiger partial charge in [-0.1, -0.05) is 13.3 Å². The zero-order valence-electron chi connectivity index (χ0n) is 10.5. The Hall–Kier alpha value is -0.160. The second kappa shape index (κ2) is 8.01. The van der Waals surface area contributed by atoms with E-state index in [9.17, 15) is 0 Å². The van der Waals surface area contributed by atoms with E-state index in [1.807, 2.05) is 0 Å². The first-order valence-electron chi connectivity index (χ1n) is 6.32. The van der Waals surface area contributed by atoms with Gasteiger partial charge in [0.25, 0.3) is 0 Å². The van der Waals surface area contributed by atoms with Gasteiger partial charge in [-0.05, 0) is 13.3 Å². The van der Waals surface area contributed by atoms with Crippen molar-refractivity contribution >= 4 is 0 Å². The van der Waals surface area contributed by atoms with E-state index >= 15 is 0 Å². The second-order valence-corrected chi connectivity index (χ2v) is 4.45. The fourth-order valence-electron chi connectivity index (χ4n) is 1.83. The number of ether oxygens (including phenoxy) is 2. The Balaban J connectivity index is 2.13. The molecule has 2 unspecified atom stereocenters. The van der Waals surface area contributed by atoms with Gasteiger partial charge in [-0.25, -0.2) is 0 Å².